The predicted octanol–water partition coefficient (Wildman–Crippen LogP) is 7.73. The van der Waals surface area contributed by atoms with Gasteiger partial charge in [-0.1, -0.05) is 78.9 Å². The summed E-state index contributed by atoms with van der Waals surface area (Å²) < 4.78 is 0. The zero-order valence-corrected chi connectivity index (χ0v) is 18.7. The van der Waals surface area contributed by atoms with Crippen LogP contribution in [-0.2, 0) is 6.42 Å². The van der Waals surface area contributed by atoms with Gasteiger partial charge < -0.3 is 4.90 Å². The summed E-state index contributed by atoms with van der Waals surface area (Å²) in [4.78, 5) is 6.24. The average molecular weight is 438 g/mol. The van der Waals surface area contributed by atoms with E-state index in [0.29, 0.717) is 5.70 Å². The zero-order chi connectivity index (χ0) is 23.3. The molecule has 162 valence electrons. The van der Waals surface area contributed by atoms with Gasteiger partial charge in [0.25, 0.3) is 0 Å². The number of para-hydroxylation sites is 2. The number of allylic oxidation sites excluding steroid dienone is 3. The van der Waals surface area contributed by atoms with Crippen LogP contribution in [0.3, 0.4) is 0 Å². The Hall–Kier alpha value is -4.68. The van der Waals surface area contributed by atoms with Crippen LogP contribution < -0.4 is 4.90 Å². The van der Waals surface area contributed by atoms with Crippen LogP contribution in [0.1, 0.15) is 16.7 Å². The van der Waals surface area contributed by atoms with Gasteiger partial charge in [-0.3, -0.25) is 4.99 Å². The monoisotopic (exact) mass is 437 g/mol. The van der Waals surface area contributed by atoms with E-state index in [1.807, 2.05) is 24.3 Å². The number of nitrogens with zero attached hydrogens (tertiary/aromatic N) is 3. The van der Waals surface area contributed by atoms with Crippen molar-refractivity contribution in [2.24, 2.45) is 4.99 Å². The lowest BCUT2D eigenvalue weighted by Gasteiger charge is -2.25. The van der Waals surface area contributed by atoms with E-state index in [1.54, 1.807) is 0 Å². The quantitative estimate of drug-likeness (QED) is 0.237. The molecule has 0 atom stereocenters. The average Bonchev–Trinajstić information content (AvgIpc) is 3.25. The number of hydrogen-bond donors (Lipinski definition) is 0. The molecule has 1 aliphatic rings. The third-order valence-corrected chi connectivity index (χ3v) is 6.01. The summed E-state index contributed by atoms with van der Waals surface area (Å²) in [7, 11) is 0. The van der Waals surface area contributed by atoms with Gasteiger partial charge in [-0.25, -0.2) is 0 Å². The van der Waals surface area contributed by atoms with Gasteiger partial charge in [0, 0.05) is 22.6 Å². The standard InChI is InChI=1S/C31H23N3/c1-33-30(22-32)31-25(21-24-10-8-9-15-29(24)31)20-23-16-18-28(19-17-23)34(26-11-4-2-5-12-26)27-13-6-3-7-14-27/h2-20H,1,21H2. The van der Waals surface area contributed by atoms with E-state index in [4.69, 9.17) is 0 Å². The molecular weight excluding hydrogens is 414 g/mol. The maximum Gasteiger partial charge on any atom is 0.147 e. The van der Waals surface area contributed by atoms with Gasteiger partial charge in [-0.05, 0) is 71.8 Å². The SMILES string of the molecule is C=NC(C#N)=C1C(=Cc2ccc(N(c3ccccc3)c3ccccc3)cc2)Cc2ccccc21. The van der Waals surface area contributed by atoms with Gasteiger partial charge in [-0.15, -0.1) is 0 Å². The normalized spacial score (nSPS) is 14.9. The highest BCUT2D eigenvalue weighted by atomic mass is 15.1. The maximum absolute atomic E-state index is 9.64. The summed E-state index contributed by atoms with van der Waals surface area (Å²) in [5, 5.41) is 9.64. The number of aliphatic imine (C=N–C) groups is 1. The van der Waals surface area contributed by atoms with Crippen LogP contribution in [0.4, 0.5) is 17.1 Å². The third kappa shape index (κ3) is 4.05. The van der Waals surface area contributed by atoms with E-state index in [0.717, 1.165) is 45.8 Å². The molecule has 0 saturated heterocycles. The first-order valence-electron chi connectivity index (χ1n) is 11.2. The zero-order valence-electron chi connectivity index (χ0n) is 18.7. The number of benzene rings is 4. The summed E-state index contributed by atoms with van der Waals surface area (Å²) in [5.41, 5.74) is 8.96. The Bertz CT molecular complexity index is 1380. The fraction of sp³-hybridized carbons (Fsp3) is 0.0323. The molecule has 3 heteroatoms. The van der Waals surface area contributed by atoms with Crippen LogP contribution in [0, 0.1) is 11.3 Å². The summed E-state index contributed by atoms with van der Waals surface area (Å²) in [5.74, 6) is 0. The van der Waals surface area contributed by atoms with Crippen LogP contribution >= 0.6 is 0 Å². The lowest BCUT2D eigenvalue weighted by atomic mass is 10.0. The number of hydrogen-bond acceptors (Lipinski definition) is 3. The van der Waals surface area contributed by atoms with E-state index in [2.05, 4.69) is 114 Å². The minimum Gasteiger partial charge on any atom is -0.311 e. The van der Waals surface area contributed by atoms with Crippen molar-refractivity contribution in [1.29, 1.82) is 5.26 Å². The molecule has 0 N–H and O–H groups in total. The van der Waals surface area contributed by atoms with Gasteiger partial charge in [-0.2, -0.15) is 5.26 Å². The van der Waals surface area contributed by atoms with Crippen LogP contribution in [0.25, 0.3) is 11.6 Å². The summed E-state index contributed by atoms with van der Waals surface area (Å²) in [6.45, 7) is 3.62. The first kappa shape index (κ1) is 21.2. The van der Waals surface area contributed by atoms with E-state index < -0.39 is 0 Å². The van der Waals surface area contributed by atoms with Crippen molar-refractivity contribution >= 4 is 35.4 Å². The largest absolute Gasteiger partial charge is 0.311 e. The first-order valence-corrected chi connectivity index (χ1v) is 11.2. The van der Waals surface area contributed by atoms with Crippen molar-refractivity contribution in [2.75, 3.05) is 4.90 Å². The smallest absolute Gasteiger partial charge is 0.147 e. The van der Waals surface area contributed by atoms with E-state index in [-0.39, 0.29) is 0 Å². The molecule has 0 amide bonds. The minimum absolute atomic E-state index is 0.368. The molecule has 1 aliphatic carbocycles. The van der Waals surface area contributed by atoms with E-state index in [1.165, 1.54) is 5.56 Å². The van der Waals surface area contributed by atoms with Crippen molar-refractivity contribution in [3.63, 3.8) is 0 Å². The second-order valence-corrected chi connectivity index (χ2v) is 8.10. The van der Waals surface area contributed by atoms with Gasteiger partial charge >= 0.3 is 0 Å². The van der Waals surface area contributed by atoms with Crippen LogP contribution in [0.5, 0.6) is 0 Å². The molecule has 4 aromatic carbocycles. The molecule has 0 aromatic heterocycles. The first-order chi connectivity index (χ1) is 16.8. The second-order valence-electron chi connectivity index (χ2n) is 8.10. The summed E-state index contributed by atoms with van der Waals surface area (Å²) in [6.07, 6.45) is 2.92. The van der Waals surface area contributed by atoms with Crippen LogP contribution in [0.15, 0.2) is 125 Å². The molecule has 0 bridgehead atoms. The van der Waals surface area contributed by atoms with Gasteiger partial charge in [0.1, 0.15) is 11.8 Å². The predicted molar refractivity (Wildman–Crippen MR) is 141 cm³/mol. The number of fused-ring (bicyclic) bond motifs is 1. The lowest BCUT2D eigenvalue weighted by molar-refractivity contribution is 1.27. The van der Waals surface area contributed by atoms with Gasteiger partial charge in [0.15, 0.2) is 0 Å². The third-order valence-electron chi connectivity index (χ3n) is 6.01. The molecule has 0 unspecified atom stereocenters. The Morgan fingerprint density at radius 3 is 1.91 bits per heavy atom. The fourth-order valence-corrected chi connectivity index (χ4v) is 4.48. The fourth-order valence-electron chi connectivity index (χ4n) is 4.48. The van der Waals surface area contributed by atoms with Crippen molar-refractivity contribution in [3.8, 4) is 6.07 Å². The van der Waals surface area contributed by atoms with Crippen molar-refractivity contribution in [1.82, 2.24) is 0 Å². The van der Waals surface area contributed by atoms with Crippen molar-refractivity contribution in [2.45, 2.75) is 6.42 Å². The lowest BCUT2D eigenvalue weighted by Crippen LogP contribution is -2.09. The van der Waals surface area contributed by atoms with E-state index >= 15 is 0 Å². The molecular formula is C31H23N3. The van der Waals surface area contributed by atoms with Crippen LogP contribution in [-0.4, -0.2) is 6.72 Å². The minimum atomic E-state index is 0.368. The van der Waals surface area contributed by atoms with Crippen molar-refractivity contribution in [3.05, 3.63) is 137 Å². The molecule has 0 heterocycles. The Labute approximate surface area is 200 Å². The van der Waals surface area contributed by atoms with Crippen molar-refractivity contribution < 1.29 is 0 Å². The molecule has 0 saturated carbocycles. The molecule has 5 rings (SSSR count). The van der Waals surface area contributed by atoms with Crippen LogP contribution in [0.2, 0.25) is 0 Å². The molecule has 4 aromatic rings. The Balaban J connectivity index is 1.54. The number of nitriles is 1. The molecule has 0 radical (unpaired) electrons. The second kappa shape index (κ2) is 9.44. The highest BCUT2D eigenvalue weighted by Crippen LogP contribution is 2.40. The summed E-state index contributed by atoms with van der Waals surface area (Å²) >= 11 is 0. The highest BCUT2D eigenvalue weighted by Gasteiger charge is 2.24. The summed E-state index contributed by atoms with van der Waals surface area (Å²) in [6, 6.07) is 39.6. The highest BCUT2D eigenvalue weighted by molar-refractivity contribution is 5.93. The Morgan fingerprint density at radius 1 is 0.765 bits per heavy atom. The Kier molecular flexibility index (Phi) is 5.88. The van der Waals surface area contributed by atoms with Gasteiger partial charge in [0.05, 0.1) is 0 Å². The maximum atomic E-state index is 9.64. The number of rotatable bonds is 5. The number of anilines is 3. The molecule has 34 heavy (non-hydrogen) atoms. The Morgan fingerprint density at radius 2 is 1.32 bits per heavy atom. The van der Waals surface area contributed by atoms with E-state index in [9.17, 15) is 5.26 Å². The van der Waals surface area contributed by atoms with Gasteiger partial charge in [0.2, 0.25) is 0 Å². The topological polar surface area (TPSA) is 39.4 Å². The molecule has 0 spiro atoms. The molecule has 0 aliphatic heterocycles. The molecule has 3 nitrogen and oxygen atoms in total. The molecule has 0 fully saturated rings.